The Hall–Kier alpha value is -2.24. The number of nitro groups is 1. The first-order chi connectivity index (χ1) is 10.7. The van der Waals surface area contributed by atoms with E-state index in [0.717, 1.165) is 31.7 Å². The van der Waals surface area contributed by atoms with E-state index < -0.39 is 0 Å². The van der Waals surface area contributed by atoms with Crippen molar-refractivity contribution in [2.45, 2.75) is 19.1 Å². The summed E-state index contributed by atoms with van der Waals surface area (Å²) in [6.45, 7) is 2.42. The summed E-state index contributed by atoms with van der Waals surface area (Å²) >= 11 is 0. The third kappa shape index (κ3) is 3.32. The van der Waals surface area contributed by atoms with Gasteiger partial charge < -0.3 is 10.1 Å². The Balaban J connectivity index is 1.56. The summed E-state index contributed by atoms with van der Waals surface area (Å²) in [5.74, 6) is 0. The second-order valence-corrected chi connectivity index (χ2v) is 5.46. The second kappa shape index (κ2) is 6.68. The first-order valence-corrected chi connectivity index (χ1v) is 7.48. The smallest absolute Gasteiger partial charge is 0.269 e. The lowest BCUT2D eigenvalue weighted by Gasteiger charge is -2.24. The zero-order valence-electron chi connectivity index (χ0n) is 12.3. The molecule has 5 heteroatoms. The van der Waals surface area contributed by atoms with E-state index in [2.05, 4.69) is 29.6 Å². The molecule has 114 valence electrons. The number of quaternary nitrogens is 1. The van der Waals surface area contributed by atoms with Gasteiger partial charge in [0.15, 0.2) is 0 Å². The standard InChI is InChI=1S/C17H18N2O3/c20-19(21)15-7-5-13(6-8-15)11-18-12-17-16-4-2-1-3-14(16)9-10-22-17/h1-8,17-18H,9-12H2/p+1/t17-/m0/s1. The molecule has 2 N–H and O–H groups in total. The lowest BCUT2D eigenvalue weighted by atomic mass is 9.97. The molecular weight excluding hydrogens is 280 g/mol. The van der Waals surface area contributed by atoms with E-state index in [0.29, 0.717) is 0 Å². The van der Waals surface area contributed by atoms with Crippen molar-refractivity contribution in [3.63, 3.8) is 0 Å². The van der Waals surface area contributed by atoms with Crippen LogP contribution in [0.4, 0.5) is 5.69 Å². The summed E-state index contributed by atoms with van der Waals surface area (Å²) in [7, 11) is 0. The van der Waals surface area contributed by atoms with Crippen molar-refractivity contribution >= 4 is 5.69 Å². The van der Waals surface area contributed by atoms with E-state index in [1.807, 2.05) is 12.1 Å². The molecule has 2 aromatic rings. The van der Waals surface area contributed by atoms with Crippen LogP contribution in [0.25, 0.3) is 0 Å². The summed E-state index contributed by atoms with van der Waals surface area (Å²) in [6.07, 6.45) is 1.11. The number of hydrogen-bond donors (Lipinski definition) is 1. The molecule has 0 aromatic heterocycles. The van der Waals surface area contributed by atoms with Crippen LogP contribution in [0, 0.1) is 10.1 Å². The van der Waals surface area contributed by atoms with Gasteiger partial charge in [0.05, 0.1) is 11.5 Å². The quantitative estimate of drug-likeness (QED) is 0.678. The zero-order chi connectivity index (χ0) is 15.4. The predicted molar refractivity (Wildman–Crippen MR) is 82.4 cm³/mol. The highest BCUT2D eigenvalue weighted by Gasteiger charge is 2.21. The number of fused-ring (bicyclic) bond motifs is 1. The number of nitrogens with two attached hydrogens (primary N) is 1. The van der Waals surface area contributed by atoms with E-state index in [-0.39, 0.29) is 16.7 Å². The van der Waals surface area contributed by atoms with E-state index >= 15 is 0 Å². The van der Waals surface area contributed by atoms with Crippen molar-refractivity contribution in [2.24, 2.45) is 0 Å². The molecular formula is C17H19N2O3+. The summed E-state index contributed by atoms with van der Waals surface area (Å²) in [4.78, 5) is 10.3. The largest absolute Gasteiger partial charge is 0.367 e. The van der Waals surface area contributed by atoms with Gasteiger partial charge in [-0.05, 0) is 29.7 Å². The predicted octanol–water partition coefficient (Wildman–Crippen LogP) is 1.97. The van der Waals surface area contributed by atoms with Gasteiger partial charge in [0.25, 0.3) is 5.69 Å². The number of non-ortho nitro benzene ring substituents is 1. The fraction of sp³-hybridized carbons (Fsp3) is 0.294. The van der Waals surface area contributed by atoms with Crippen LogP contribution >= 0.6 is 0 Å². The fourth-order valence-corrected chi connectivity index (χ4v) is 2.83. The van der Waals surface area contributed by atoms with Crippen LogP contribution in [0.3, 0.4) is 0 Å². The van der Waals surface area contributed by atoms with Crippen LogP contribution in [0.15, 0.2) is 48.5 Å². The monoisotopic (exact) mass is 299 g/mol. The number of hydrogen-bond acceptors (Lipinski definition) is 3. The number of nitro benzene ring substituents is 1. The molecule has 0 bridgehead atoms. The van der Waals surface area contributed by atoms with E-state index in [9.17, 15) is 10.1 Å². The third-order valence-electron chi connectivity index (χ3n) is 4.00. The van der Waals surface area contributed by atoms with Crippen molar-refractivity contribution in [3.8, 4) is 0 Å². The summed E-state index contributed by atoms with van der Waals surface area (Å²) < 4.78 is 5.87. The first-order valence-electron chi connectivity index (χ1n) is 7.48. The highest BCUT2D eigenvalue weighted by Crippen LogP contribution is 2.25. The molecule has 1 aliphatic heterocycles. The van der Waals surface area contributed by atoms with Crippen molar-refractivity contribution in [1.82, 2.24) is 0 Å². The topological polar surface area (TPSA) is 69.0 Å². The minimum atomic E-state index is -0.375. The fourth-order valence-electron chi connectivity index (χ4n) is 2.83. The average Bonchev–Trinajstić information content (AvgIpc) is 2.55. The maximum absolute atomic E-state index is 10.6. The van der Waals surface area contributed by atoms with Crippen molar-refractivity contribution in [2.75, 3.05) is 13.2 Å². The van der Waals surface area contributed by atoms with Crippen molar-refractivity contribution in [3.05, 3.63) is 75.3 Å². The molecule has 0 unspecified atom stereocenters. The molecule has 0 saturated heterocycles. The van der Waals surface area contributed by atoms with E-state index in [1.165, 1.54) is 11.1 Å². The number of rotatable bonds is 5. The summed E-state index contributed by atoms with van der Waals surface area (Å²) in [6, 6.07) is 15.2. The van der Waals surface area contributed by atoms with Crippen LogP contribution in [0.5, 0.6) is 0 Å². The van der Waals surface area contributed by atoms with E-state index in [1.54, 1.807) is 12.1 Å². The van der Waals surface area contributed by atoms with Crippen LogP contribution < -0.4 is 5.32 Å². The van der Waals surface area contributed by atoms with Gasteiger partial charge in [0.1, 0.15) is 19.2 Å². The number of nitrogens with zero attached hydrogens (tertiary/aromatic N) is 1. The summed E-state index contributed by atoms with van der Waals surface area (Å²) in [5, 5.41) is 12.8. The van der Waals surface area contributed by atoms with Gasteiger partial charge in [-0.25, -0.2) is 0 Å². The second-order valence-electron chi connectivity index (χ2n) is 5.46. The van der Waals surface area contributed by atoms with Gasteiger partial charge in [-0.3, -0.25) is 10.1 Å². The number of ether oxygens (including phenoxy) is 1. The Bertz CT molecular complexity index is 655. The molecule has 0 fully saturated rings. The third-order valence-corrected chi connectivity index (χ3v) is 4.00. The molecule has 5 nitrogen and oxygen atoms in total. The van der Waals surface area contributed by atoms with Gasteiger partial charge in [-0.15, -0.1) is 0 Å². The Morgan fingerprint density at radius 3 is 2.73 bits per heavy atom. The van der Waals surface area contributed by atoms with Crippen LogP contribution in [0.1, 0.15) is 22.8 Å². The lowest BCUT2D eigenvalue weighted by molar-refractivity contribution is -0.678. The highest BCUT2D eigenvalue weighted by atomic mass is 16.6. The normalized spacial score (nSPS) is 17.0. The Morgan fingerprint density at radius 2 is 1.95 bits per heavy atom. The van der Waals surface area contributed by atoms with Crippen molar-refractivity contribution < 1.29 is 15.0 Å². The van der Waals surface area contributed by atoms with Crippen LogP contribution in [0.2, 0.25) is 0 Å². The molecule has 0 amide bonds. The molecule has 1 heterocycles. The molecule has 3 rings (SSSR count). The van der Waals surface area contributed by atoms with Crippen molar-refractivity contribution in [1.29, 1.82) is 0 Å². The number of benzene rings is 2. The first kappa shape index (κ1) is 14.7. The van der Waals surface area contributed by atoms with E-state index in [4.69, 9.17) is 4.74 Å². The van der Waals surface area contributed by atoms with Crippen LogP contribution in [-0.4, -0.2) is 18.1 Å². The van der Waals surface area contributed by atoms with Gasteiger partial charge >= 0.3 is 0 Å². The highest BCUT2D eigenvalue weighted by molar-refractivity contribution is 5.32. The molecule has 1 aliphatic rings. The minimum Gasteiger partial charge on any atom is -0.367 e. The maximum Gasteiger partial charge on any atom is 0.269 e. The molecule has 0 saturated carbocycles. The molecule has 1 atom stereocenters. The minimum absolute atomic E-state index is 0.128. The Kier molecular flexibility index (Phi) is 4.46. The van der Waals surface area contributed by atoms with Gasteiger partial charge in [-0.2, -0.15) is 0 Å². The molecule has 0 radical (unpaired) electrons. The van der Waals surface area contributed by atoms with Gasteiger partial charge in [0, 0.05) is 17.7 Å². The molecule has 22 heavy (non-hydrogen) atoms. The molecule has 2 aromatic carbocycles. The molecule has 0 aliphatic carbocycles. The average molecular weight is 299 g/mol. The molecule has 0 spiro atoms. The zero-order valence-corrected chi connectivity index (χ0v) is 12.3. The van der Waals surface area contributed by atoms with Gasteiger partial charge in [0.2, 0.25) is 0 Å². The lowest BCUT2D eigenvalue weighted by Crippen LogP contribution is -2.83. The Morgan fingerprint density at radius 1 is 1.18 bits per heavy atom. The summed E-state index contributed by atoms with van der Waals surface area (Å²) in [5.41, 5.74) is 3.87. The van der Waals surface area contributed by atoms with Crippen LogP contribution in [-0.2, 0) is 17.7 Å². The van der Waals surface area contributed by atoms with Gasteiger partial charge in [-0.1, -0.05) is 24.3 Å². The maximum atomic E-state index is 10.6. The Labute approximate surface area is 129 Å². The SMILES string of the molecule is O=[N+]([O-])c1ccc(C[NH2+]C[C@@H]2OCCc3ccccc32)cc1.